The summed E-state index contributed by atoms with van der Waals surface area (Å²) in [5.74, 6) is -0.423. The van der Waals surface area contributed by atoms with Gasteiger partial charge in [-0.05, 0) is 0 Å². The van der Waals surface area contributed by atoms with Gasteiger partial charge in [0.15, 0.2) is 17.7 Å². The minimum Gasteiger partial charge on any atom is -0.394 e. The zero-order chi connectivity index (χ0) is 15.1. The molecule has 1 fully saturated rings. The third kappa shape index (κ3) is 2.03. The molecule has 11 heteroatoms. The molecule has 1 saturated heterocycles. The number of hydrogen-bond acceptors (Lipinski definition) is 10. The van der Waals surface area contributed by atoms with Crippen LogP contribution in [0.3, 0.4) is 0 Å². The van der Waals surface area contributed by atoms with Gasteiger partial charge in [0, 0.05) is 5.18 Å². The largest absolute Gasteiger partial charge is 0.394 e. The van der Waals surface area contributed by atoms with Gasteiger partial charge in [-0.1, -0.05) is 0 Å². The molecule has 0 aromatic carbocycles. The van der Waals surface area contributed by atoms with E-state index in [2.05, 4.69) is 20.1 Å². The van der Waals surface area contributed by atoms with E-state index in [9.17, 15) is 15.1 Å². The highest BCUT2D eigenvalue weighted by molar-refractivity contribution is 5.82. The highest BCUT2D eigenvalue weighted by Gasteiger charge is 2.44. The van der Waals surface area contributed by atoms with Crippen molar-refractivity contribution < 1.29 is 20.1 Å². The van der Waals surface area contributed by atoms with E-state index in [4.69, 9.17) is 15.6 Å². The summed E-state index contributed by atoms with van der Waals surface area (Å²) in [6.45, 7) is -0.459. The fourth-order valence-corrected chi connectivity index (χ4v) is 2.26. The van der Waals surface area contributed by atoms with Crippen LogP contribution in [-0.2, 0) is 4.74 Å². The minimum absolute atomic E-state index is 0.0416. The van der Waals surface area contributed by atoms with Crippen molar-refractivity contribution in [2.75, 3.05) is 12.3 Å². The molecule has 0 spiro atoms. The van der Waals surface area contributed by atoms with Crippen LogP contribution in [-0.4, -0.2) is 59.8 Å². The number of nitroso groups, excluding NO2 is 1. The van der Waals surface area contributed by atoms with Crippen molar-refractivity contribution in [3.05, 3.63) is 11.2 Å². The lowest BCUT2D eigenvalue weighted by molar-refractivity contribution is -0.0511. The van der Waals surface area contributed by atoms with Crippen molar-refractivity contribution in [1.29, 1.82) is 0 Å². The standard InChI is InChI=1S/C10H12N6O5/c11-7-4-8(14-10(13-7)15-20)16(2-12-4)9-6(19)5(18)3(1-17)21-9/h2-3,5-6,9,17-19H,1H2,(H2,11,13,14)/t3-,5?,6?,9-/m1/s1. The Bertz CT molecular complexity index is 690. The van der Waals surface area contributed by atoms with Gasteiger partial charge < -0.3 is 25.8 Å². The van der Waals surface area contributed by atoms with E-state index in [1.54, 1.807) is 0 Å². The highest BCUT2D eigenvalue weighted by Crippen LogP contribution is 2.32. The molecule has 2 aromatic heterocycles. The number of hydrogen-bond donors (Lipinski definition) is 4. The van der Waals surface area contributed by atoms with E-state index in [-0.39, 0.29) is 22.9 Å². The molecule has 0 bridgehead atoms. The minimum atomic E-state index is -1.30. The predicted octanol–water partition coefficient (Wildman–Crippen LogP) is -1.58. The van der Waals surface area contributed by atoms with E-state index >= 15 is 0 Å². The Morgan fingerprint density at radius 1 is 1.38 bits per heavy atom. The Kier molecular flexibility index (Phi) is 3.25. The van der Waals surface area contributed by atoms with E-state index in [0.29, 0.717) is 0 Å². The molecule has 11 nitrogen and oxygen atoms in total. The number of fused-ring (bicyclic) bond motifs is 1. The van der Waals surface area contributed by atoms with Gasteiger partial charge in [-0.2, -0.15) is 9.97 Å². The summed E-state index contributed by atoms with van der Waals surface area (Å²) in [7, 11) is 0. The molecule has 0 amide bonds. The Balaban J connectivity index is 2.09. The molecule has 2 unspecified atom stereocenters. The molecule has 1 aliphatic heterocycles. The first kappa shape index (κ1) is 13.8. The molecular formula is C10H12N6O5. The molecular weight excluding hydrogens is 284 g/mol. The van der Waals surface area contributed by atoms with Gasteiger partial charge in [0.25, 0.3) is 5.95 Å². The van der Waals surface area contributed by atoms with E-state index in [1.807, 2.05) is 0 Å². The highest BCUT2D eigenvalue weighted by atomic mass is 16.6. The van der Waals surface area contributed by atoms with E-state index < -0.39 is 31.1 Å². The number of nitrogens with two attached hydrogens (primary N) is 1. The first-order chi connectivity index (χ1) is 10.1. The lowest BCUT2D eigenvalue weighted by Gasteiger charge is -2.16. The summed E-state index contributed by atoms with van der Waals surface area (Å²) in [5, 5.41) is 31.4. The van der Waals surface area contributed by atoms with Crippen molar-refractivity contribution in [2.24, 2.45) is 5.18 Å². The lowest BCUT2D eigenvalue weighted by atomic mass is 10.1. The number of ether oxygens (including phenoxy) is 1. The maximum absolute atomic E-state index is 10.6. The van der Waals surface area contributed by atoms with Gasteiger partial charge in [0.05, 0.1) is 12.9 Å². The second kappa shape index (κ2) is 4.96. The van der Waals surface area contributed by atoms with Gasteiger partial charge in [-0.3, -0.25) is 4.57 Å². The average molecular weight is 296 g/mol. The van der Waals surface area contributed by atoms with Crippen molar-refractivity contribution in [1.82, 2.24) is 19.5 Å². The number of nitrogen functional groups attached to an aromatic ring is 1. The molecule has 2 aromatic rings. The van der Waals surface area contributed by atoms with Crippen LogP contribution in [0.2, 0.25) is 0 Å². The second-order valence-corrected chi connectivity index (χ2v) is 4.55. The van der Waals surface area contributed by atoms with Crippen molar-refractivity contribution in [3.8, 4) is 0 Å². The van der Waals surface area contributed by atoms with Crippen LogP contribution in [0, 0.1) is 4.91 Å². The van der Waals surface area contributed by atoms with Gasteiger partial charge in [0.1, 0.15) is 23.8 Å². The van der Waals surface area contributed by atoms with Gasteiger partial charge >= 0.3 is 0 Å². The van der Waals surface area contributed by atoms with Crippen LogP contribution in [0.5, 0.6) is 0 Å². The van der Waals surface area contributed by atoms with Crippen LogP contribution in [0.1, 0.15) is 6.23 Å². The molecule has 5 N–H and O–H groups in total. The second-order valence-electron chi connectivity index (χ2n) is 4.55. The lowest BCUT2D eigenvalue weighted by Crippen LogP contribution is -2.33. The maximum Gasteiger partial charge on any atom is 0.295 e. The quantitative estimate of drug-likeness (QED) is 0.488. The zero-order valence-electron chi connectivity index (χ0n) is 10.6. The summed E-state index contributed by atoms with van der Waals surface area (Å²) in [5.41, 5.74) is 5.98. The number of aromatic nitrogens is 4. The molecule has 0 saturated carbocycles. The van der Waals surface area contributed by atoms with Crippen molar-refractivity contribution in [2.45, 2.75) is 24.5 Å². The first-order valence-electron chi connectivity index (χ1n) is 6.02. The Morgan fingerprint density at radius 3 is 2.76 bits per heavy atom. The van der Waals surface area contributed by atoms with Crippen LogP contribution in [0.4, 0.5) is 11.8 Å². The topological polar surface area (TPSA) is 169 Å². The fourth-order valence-electron chi connectivity index (χ4n) is 2.26. The Labute approximate surface area is 117 Å². The number of nitrogens with zero attached hydrogens (tertiary/aromatic N) is 5. The molecule has 0 aliphatic carbocycles. The summed E-state index contributed by atoms with van der Waals surface area (Å²) < 4.78 is 6.66. The average Bonchev–Trinajstić information content (AvgIpc) is 3.02. The fraction of sp³-hybridized carbons (Fsp3) is 0.500. The van der Waals surface area contributed by atoms with Crippen molar-refractivity contribution >= 4 is 22.9 Å². The van der Waals surface area contributed by atoms with Crippen LogP contribution >= 0.6 is 0 Å². The van der Waals surface area contributed by atoms with Gasteiger partial charge in [-0.25, -0.2) is 4.98 Å². The molecule has 4 atom stereocenters. The Morgan fingerprint density at radius 2 is 2.14 bits per heavy atom. The maximum atomic E-state index is 10.6. The zero-order valence-corrected chi connectivity index (χ0v) is 10.6. The first-order valence-corrected chi connectivity index (χ1v) is 6.02. The van der Waals surface area contributed by atoms with E-state index in [1.165, 1.54) is 10.9 Å². The number of aliphatic hydroxyl groups is 3. The Hall–Kier alpha value is -2.21. The third-order valence-corrected chi connectivity index (χ3v) is 3.31. The summed E-state index contributed by atoms with van der Waals surface area (Å²) in [6, 6.07) is 0. The molecule has 1 aliphatic rings. The van der Waals surface area contributed by atoms with Gasteiger partial charge in [0.2, 0.25) is 0 Å². The monoisotopic (exact) mass is 296 g/mol. The molecule has 3 heterocycles. The summed E-state index contributed by atoms with van der Waals surface area (Å²) >= 11 is 0. The molecule has 21 heavy (non-hydrogen) atoms. The van der Waals surface area contributed by atoms with Crippen LogP contribution in [0.15, 0.2) is 11.5 Å². The van der Waals surface area contributed by atoms with Crippen LogP contribution in [0.25, 0.3) is 11.2 Å². The summed E-state index contributed by atoms with van der Waals surface area (Å²) in [4.78, 5) is 22.0. The van der Waals surface area contributed by atoms with E-state index in [0.717, 1.165) is 0 Å². The van der Waals surface area contributed by atoms with Crippen LogP contribution < -0.4 is 5.73 Å². The summed E-state index contributed by atoms with van der Waals surface area (Å²) in [6.07, 6.45) is -3.25. The number of aliphatic hydroxyl groups excluding tert-OH is 3. The van der Waals surface area contributed by atoms with Gasteiger partial charge in [-0.15, -0.1) is 4.91 Å². The number of rotatable bonds is 3. The molecule has 3 rings (SSSR count). The smallest absolute Gasteiger partial charge is 0.295 e. The normalized spacial score (nSPS) is 29.1. The molecule has 0 radical (unpaired) electrons. The number of anilines is 1. The predicted molar refractivity (Wildman–Crippen MR) is 68.2 cm³/mol. The van der Waals surface area contributed by atoms with Crippen molar-refractivity contribution in [3.63, 3.8) is 0 Å². The number of imidazole rings is 1. The SMILES string of the molecule is Nc1nc(N=O)nc2c1ncn2[C@@H]1O[C@H](CO)C(O)C1O. The molecule has 112 valence electrons. The third-order valence-electron chi connectivity index (χ3n) is 3.31.